The molecule has 166 valence electrons. The third kappa shape index (κ3) is 4.80. The van der Waals surface area contributed by atoms with Crippen molar-refractivity contribution >= 4 is 72.9 Å². The van der Waals surface area contributed by atoms with Crippen LogP contribution in [0.4, 0.5) is 0 Å². The molecular weight excluding hydrogens is 608 g/mol. The van der Waals surface area contributed by atoms with E-state index in [2.05, 4.69) is 39.2 Å². The summed E-state index contributed by atoms with van der Waals surface area (Å²) in [5, 5.41) is 16.6. The average Bonchev–Trinajstić information content (AvgIpc) is 3.32. The number of amides is 1. The van der Waals surface area contributed by atoms with Gasteiger partial charge in [-0.15, -0.1) is 11.3 Å². The first-order valence-corrected chi connectivity index (χ1v) is 13.7. The summed E-state index contributed by atoms with van der Waals surface area (Å²) >= 11 is 16.1. The molecule has 1 fully saturated rings. The molecule has 0 spiro atoms. The van der Waals surface area contributed by atoms with Gasteiger partial charge in [-0.1, -0.05) is 23.2 Å². The van der Waals surface area contributed by atoms with E-state index in [1.807, 2.05) is 12.1 Å². The molecular formula is C19H14Cl2IN5O3S2. The fourth-order valence-corrected chi connectivity index (χ4v) is 6.55. The van der Waals surface area contributed by atoms with E-state index in [1.54, 1.807) is 18.2 Å². The van der Waals surface area contributed by atoms with Crippen molar-refractivity contribution in [2.24, 2.45) is 0 Å². The van der Waals surface area contributed by atoms with Crippen molar-refractivity contribution < 1.29 is 13.2 Å². The number of halogens is 3. The van der Waals surface area contributed by atoms with Gasteiger partial charge in [-0.3, -0.25) is 10.2 Å². The Bertz CT molecular complexity index is 1350. The lowest BCUT2D eigenvalue weighted by Gasteiger charge is -2.26. The molecule has 0 bridgehead atoms. The number of hydrogen-bond acceptors (Lipinski definition) is 7. The lowest BCUT2D eigenvalue weighted by molar-refractivity contribution is 0.0796. The van der Waals surface area contributed by atoms with E-state index in [0.717, 1.165) is 7.76 Å². The molecule has 1 aliphatic heterocycles. The fraction of sp³-hybridized carbons (Fsp3) is 0.211. The number of hydrogen-bond donors (Lipinski definition) is 1. The van der Waals surface area contributed by atoms with Crippen molar-refractivity contribution in [2.75, 3.05) is 24.6 Å². The second kappa shape index (κ2) is 9.28. The van der Waals surface area contributed by atoms with Gasteiger partial charge in [-0.2, -0.15) is 10.4 Å². The number of thiophene rings is 1. The molecule has 0 saturated carbocycles. The molecule has 13 heteroatoms. The number of nitriles is 1. The summed E-state index contributed by atoms with van der Waals surface area (Å²) in [7, 11) is -3.10. The molecule has 8 nitrogen and oxygen atoms in total. The molecule has 0 radical (unpaired) electrons. The SMILES string of the molecule is N#Cc1c(C(=O)NN2CCS(=O)(=O)CC2)nn(-c2ccc(Cl)cc2Cl)c1-c1ccc(I)s1. The van der Waals surface area contributed by atoms with Crippen molar-refractivity contribution in [3.63, 3.8) is 0 Å². The van der Waals surface area contributed by atoms with E-state index in [1.165, 1.54) is 21.0 Å². The van der Waals surface area contributed by atoms with Gasteiger partial charge in [0.05, 0.1) is 30.0 Å². The predicted octanol–water partition coefficient (Wildman–Crippen LogP) is 3.76. The van der Waals surface area contributed by atoms with Crippen molar-refractivity contribution in [3.8, 4) is 22.3 Å². The number of carbonyl (C=O) groups excluding carboxylic acids is 1. The summed E-state index contributed by atoms with van der Waals surface area (Å²) in [5.74, 6) is -0.699. The summed E-state index contributed by atoms with van der Waals surface area (Å²) in [6.45, 7) is 0.325. The second-order valence-corrected chi connectivity index (χ2v) is 13.0. The van der Waals surface area contributed by atoms with Crippen LogP contribution < -0.4 is 5.43 Å². The highest BCUT2D eigenvalue weighted by molar-refractivity contribution is 14.1. The Balaban J connectivity index is 1.79. The zero-order chi connectivity index (χ0) is 23.0. The van der Waals surface area contributed by atoms with Crippen LogP contribution in [0.2, 0.25) is 10.0 Å². The number of hydrazine groups is 1. The highest BCUT2D eigenvalue weighted by Crippen LogP contribution is 2.36. The maximum absolute atomic E-state index is 13.0. The molecule has 1 amide bonds. The fourth-order valence-electron chi connectivity index (χ4n) is 3.20. The Morgan fingerprint density at radius 3 is 2.53 bits per heavy atom. The van der Waals surface area contributed by atoms with Crippen molar-refractivity contribution in [1.82, 2.24) is 20.2 Å². The molecule has 0 unspecified atom stereocenters. The van der Waals surface area contributed by atoms with Crippen LogP contribution in [-0.2, 0) is 9.84 Å². The van der Waals surface area contributed by atoms with Gasteiger partial charge >= 0.3 is 0 Å². The molecule has 4 rings (SSSR count). The zero-order valence-electron chi connectivity index (χ0n) is 16.2. The predicted molar refractivity (Wildman–Crippen MR) is 132 cm³/mol. The van der Waals surface area contributed by atoms with Crippen LogP contribution in [0.15, 0.2) is 30.3 Å². The van der Waals surface area contributed by atoms with E-state index in [-0.39, 0.29) is 35.9 Å². The zero-order valence-corrected chi connectivity index (χ0v) is 21.5. The van der Waals surface area contributed by atoms with E-state index in [0.29, 0.717) is 21.4 Å². The molecule has 3 heterocycles. The van der Waals surface area contributed by atoms with Crippen LogP contribution in [0.5, 0.6) is 0 Å². The number of rotatable bonds is 4. The number of aromatic nitrogens is 2. The van der Waals surface area contributed by atoms with Crippen LogP contribution in [0.25, 0.3) is 16.3 Å². The second-order valence-electron chi connectivity index (χ2n) is 6.88. The topological polar surface area (TPSA) is 108 Å². The molecule has 2 aromatic heterocycles. The summed E-state index contributed by atoms with van der Waals surface area (Å²) in [4.78, 5) is 13.8. The Morgan fingerprint density at radius 1 is 1.22 bits per heavy atom. The van der Waals surface area contributed by atoms with Gasteiger partial charge in [-0.05, 0) is 52.9 Å². The van der Waals surface area contributed by atoms with Gasteiger partial charge in [0.1, 0.15) is 17.3 Å². The van der Waals surface area contributed by atoms with E-state index >= 15 is 0 Å². The summed E-state index contributed by atoms with van der Waals surface area (Å²) in [6, 6.07) is 10.7. The minimum atomic E-state index is -3.10. The summed E-state index contributed by atoms with van der Waals surface area (Å²) in [5.41, 5.74) is 3.59. The Labute approximate surface area is 211 Å². The summed E-state index contributed by atoms with van der Waals surface area (Å²) < 4.78 is 25.8. The molecule has 0 aliphatic carbocycles. The van der Waals surface area contributed by atoms with Gasteiger partial charge in [0.25, 0.3) is 5.91 Å². The van der Waals surface area contributed by atoms with Gasteiger partial charge in [0.2, 0.25) is 0 Å². The maximum atomic E-state index is 13.0. The van der Waals surface area contributed by atoms with Gasteiger partial charge in [0, 0.05) is 18.1 Å². The normalized spacial score (nSPS) is 15.9. The quantitative estimate of drug-likeness (QED) is 0.445. The first-order valence-electron chi connectivity index (χ1n) is 9.19. The van der Waals surface area contributed by atoms with E-state index in [9.17, 15) is 18.5 Å². The lowest BCUT2D eigenvalue weighted by atomic mass is 10.1. The van der Waals surface area contributed by atoms with Crippen LogP contribution in [0, 0.1) is 14.2 Å². The average molecular weight is 622 g/mol. The van der Waals surface area contributed by atoms with E-state index in [4.69, 9.17) is 23.2 Å². The molecule has 1 N–H and O–H groups in total. The van der Waals surface area contributed by atoms with Crippen LogP contribution in [0.3, 0.4) is 0 Å². The molecule has 1 aromatic carbocycles. The Hall–Kier alpha value is -1.69. The minimum absolute atomic E-state index is 0.0495. The molecule has 0 atom stereocenters. The molecule has 3 aromatic rings. The molecule has 1 aliphatic rings. The summed E-state index contributed by atoms with van der Waals surface area (Å²) in [6.07, 6.45) is 0. The van der Waals surface area contributed by atoms with Gasteiger partial charge < -0.3 is 0 Å². The third-order valence-electron chi connectivity index (χ3n) is 4.76. The van der Waals surface area contributed by atoms with Gasteiger partial charge in [0.15, 0.2) is 15.5 Å². The van der Waals surface area contributed by atoms with Crippen LogP contribution >= 0.6 is 57.1 Å². The maximum Gasteiger partial charge on any atom is 0.287 e. The molecule has 1 saturated heterocycles. The number of nitrogens with zero attached hydrogens (tertiary/aromatic N) is 4. The third-order valence-corrected chi connectivity index (χ3v) is 8.81. The standard InChI is InChI=1S/C19H14Cl2IN5O3S2/c20-11-1-2-14(13(21)9-11)27-18(15-3-4-16(22)31-15)12(10-23)17(24-27)19(28)25-26-5-7-32(29,30)8-6-26/h1-4,9H,5-8H2,(H,25,28). The van der Waals surface area contributed by atoms with Crippen molar-refractivity contribution in [2.45, 2.75) is 0 Å². The smallest absolute Gasteiger partial charge is 0.283 e. The first kappa shape index (κ1) is 23.5. The Kier molecular flexibility index (Phi) is 6.81. The van der Waals surface area contributed by atoms with Gasteiger partial charge in [-0.25, -0.2) is 18.1 Å². The first-order chi connectivity index (χ1) is 15.2. The molecule has 32 heavy (non-hydrogen) atoms. The number of benzene rings is 1. The van der Waals surface area contributed by atoms with Crippen LogP contribution in [-0.4, -0.2) is 53.7 Å². The van der Waals surface area contributed by atoms with E-state index < -0.39 is 15.7 Å². The number of carbonyl (C=O) groups is 1. The highest BCUT2D eigenvalue weighted by Gasteiger charge is 2.29. The largest absolute Gasteiger partial charge is 0.287 e. The number of sulfone groups is 1. The Morgan fingerprint density at radius 2 is 1.94 bits per heavy atom. The van der Waals surface area contributed by atoms with Crippen LogP contribution in [0.1, 0.15) is 16.1 Å². The lowest BCUT2D eigenvalue weighted by Crippen LogP contribution is -2.50. The van der Waals surface area contributed by atoms with Crippen molar-refractivity contribution in [3.05, 3.63) is 54.5 Å². The van der Waals surface area contributed by atoms with Crippen molar-refractivity contribution in [1.29, 1.82) is 5.26 Å². The number of nitrogens with one attached hydrogen (secondary N) is 1. The highest BCUT2D eigenvalue weighted by atomic mass is 127. The monoisotopic (exact) mass is 621 g/mol. The minimum Gasteiger partial charge on any atom is -0.283 e.